The lowest BCUT2D eigenvalue weighted by molar-refractivity contribution is -0.301. The predicted molar refractivity (Wildman–Crippen MR) is 340 cm³/mol. The van der Waals surface area contributed by atoms with E-state index in [-0.39, 0.29) is 25.9 Å². The molecule has 6 unspecified atom stereocenters. The highest BCUT2D eigenvalue weighted by atomic mass is 16.7. The average Bonchev–Trinajstić information content (AvgIpc) is 3.57. The summed E-state index contributed by atoms with van der Waals surface area (Å²) in [5.74, 6) is -3.14. The summed E-state index contributed by atoms with van der Waals surface area (Å²) in [6.07, 6.45) is 62.8. The summed E-state index contributed by atoms with van der Waals surface area (Å²) in [6, 6.07) is 0. The fraction of sp³-hybridized carbons (Fsp3) is 0.775. The van der Waals surface area contributed by atoms with Crippen LogP contribution in [-0.2, 0) is 42.9 Å². The molecule has 0 aromatic carbocycles. The van der Waals surface area contributed by atoms with E-state index in [9.17, 15) is 34.5 Å². The van der Waals surface area contributed by atoms with Crippen LogP contribution in [0.2, 0.25) is 0 Å². The molecule has 1 fully saturated rings. The van der Waals surface area contributed by atoms with Gasteiger partial charge in [0.2, 0.25) is 0 Å². The molecule has 1 aliphatic heterocycles. The molecule has 0 aliphatic carbocycles. The van der Waals surface area contributed by atoms with Gasteiger partial charge in [0.05, 0.1) is 6.61 Å². The maximum absolute atomic E-state index is 13.2. The Morgan fingerprint density at radius 3 is 1.13 bits per heavy atom. The minimum atomic E-state index is -1.91. The van der Waals surface area contributed by atoms with Crippen molar-refractivity contribution in [2.45, 2.75) is 340 Å². The maximum atomic E-state index is 13.2. The van der Waals surface area contributed by atoms with E-state index in [0.29, 0.717) is 19.3 Å². The fourth-order valence-electron chi connectivity index (χ4n) is 9.99. The number of aliphatic carboxylic acids is 1. The molecule has 3 N–H and O–H groups in total. The quantitative estimate of drug-likeness (QED) is 0.0228. The first-order valence-electron chi connectivity index (χ1n) is 33.9. The highest BCUT2D eigenvalue weighted by molar-refractivity contribution is 5.74. The van der Waals surface area contributed by atoms with E-state index in [2.05, 4.69) is 93.7 Å². The van der Waals surface area contributed by atoms with Crippen molar-refractivity contribution in [3.8, 4) is 0 Å². The highest BCUT2D eigenvalue weighted by Gasteiger charge is 2.50. The molecule has 12 nitrogen and oxygen atoms in total. The van der Waals surface area contributed by atoms with E-state index < -0.39 is 67.3 Å². The SMILES string of the molecule is CCCCC/C=C\C/C=C\C/C=C\CCCCCCCCC(=O)OCC(COC1OC(C(=O)O)C(O)C(O)C1OC(=O)CCCCCCCCCCC/C=C\CCCCCCCC)OC(=O)CCCCCCC/C=C\C/C=C\CCCCC. The summed E-state index contributed by atoms with van der Waals surface area (Å²) < 4.78 is 28.6. The number of esters is 3. The molecule has 0 aromatic rings. The molecule has 478 valence electrons. The van der Waals surface area contributed by atoms with Gasteiger partial charge in [-0.25, -0.2) is 4.79 Å². The lowest BCUT2D eigenvalue weighted by atomic mass is 9.98. The van der Waals surface area contributed by atoms with E-state index in [0.717, 1.165) is 128 Å². The Labute approximate surface area is 506 Å². The van der Waals surface area contributed by atoms with Crippen LogP contribution in [0, 0.1) is 0 Å². The lowest BCUT2D eigenvalue weighted by Crippen LogP contribution is -2.61. The molecule has 0 radical (unpaired) electrons. The molecular formula is C71H122O12. The Hall–Kier alpha value is -3.84. The molecule has 1 heterocycles. The van der Waals surface area contributed by atoms with Crippen molar-refractivity contribution in [3.05, 3.63) is 72.9 Å². The zero-order valence-corrected chi connectivity index (χ0v) is 52.9. The smallest absolute Gasteiger partial charge is 0.335 e. The van der Waals surface area contributed by atoms with Gasteiger partial charge in [0, 0.05) is 19.3 Å². The molecule has 12 heteroatoms. The first-order chi connectivity index (χ1) is 40.6. The Morgan fingerprint density at radius 2 is 0.723 bits per heavy atom. The molecule has 0 saturated carbocycles. The second-order valence-electron chi connectivity index (χ2n) is 23.1. The number of unbranched alkanes of at least 4 members (excludes halogenated alkanes) is 32. The van der Waals surface area contributed by atoms with Gasteiger partial charge in [-0.3, -0.25) is 14.4 Å². The summed E-state index contributed by atoms with van der Waals surface area (Å²) >= 11 is 0. The number of carbonyl (C=O) groups is 4. The number of aliphatic hydroxyl groups is 2. The molecule has 6 atom stereocenters. The minimum absolute atomic E-state index is 0.0545. The van der Waals surface area contributed by atoms with Gasteiger partial charge in [-0.15, -0.1) is 0 Å². The number of carboxylic acids is 1. The van der Waals surface area contributed by atoms with Crippen LogP contribution in [0.3, 0.4) is 0 Å². The minimum Gasteiger partial charge on any atom is -0.479 e. The second kappa shape index (κ2) is 58.5. The third-order valence-electron chi connectivity index (χ3n) is 15.2. The van der Waals surface area contributed by atoms with Crippen LogP contribution in [0.25, 0.3) is 0 Å². The van der Waals surface area contributed by atoms with Crippen molar-refractivity contribution in [1.29, 1.82) is 0 Å². The van der Waals surface area contributed by atoms with Crippen LogP contribution >= 0.6 is 0 Å². The molecule has 83 heavy (non-hydrogen) atoms. The summed E-state index contributed by atoms with van der Waals surface area (Å²) in [5.41, 5.74) is 0. The van der Waals surface area contributed by atoms with Crippen LogP contribution in [0.5, 0.6) is 0 Å². The summed E-state index contributed by atoms with van der Waals surface area (Å²) in [6.45, 7) is 5.95. The van der Waals surface area contributed by atoms with E-state index in [1.54, 1.807) is 0 Å². The highest BCUT2D eigenvalue weighted by Crippen LogP contribution is 2.27. The van der Waals surface area contributed by atoms with Gasteiger partial charge in [0.1, 0.15) is 18.8 Å². The van der Waals surface area contributed by atoms with Crippen molar-refractivity contribution in [2.75, 3.05) is 13.2 Å². The number of hydrogen-bond donors (Lipinski definition) is 3. The Bertz CT molecular complexity index is 1720. The van der Waals surface area contributed by atoms with Crippen LogP contribution in [-0.4, -0.2) is 89.2 Å². The van der Waals surface area contributed by atoms with E-state index in [4.69, 9.17) is 23.7 Å². The standard InChI is InChI=1S/C71H122O12/c1-4-7-10-13-16-19-22-25-28-30-32-34-37-39-42-45-48-51-54-57-63(72)79-60-62(81-64(73)58-55-52-49-46-43-40-36-27-24-21-18-15-12-9-6-3)61-80-71-69(67(76)66(75)68(83-71)70(77)78)82-65(74)59-56-53-50-47-44-41-38-35-33-31-29-26-23-20-17-14-11-8-5-2/h16,18-19,21,25-29,32,34,36,62,66-69,71,75-76H,4-15,17,20,22-24,30-31,33,35,37-61H2,1-3H3,(H,77,78)/b19-16-,21-18-,28-25-,29-26-,34-32-,36-27-. The number of ether oxygens (including phenoxy) is 5. The fourth-order valence-corrected chi connectivity index (χ4v) is 9.99. The molecule has 0 spiro atoms. The van der Waals surface area contributed by atoms with E-state index >= 15 is 0 Å². The van der Waals surface area contributed by atoms with Crippen molar-refractivity contribution in [2.24, 2.45) is 0 Å². The predicted octanol–water partition coefficient (Wildman–Crippen LogP) is 18.5. The largest absolute Gasteiger partial charge is 0.479 e. The Kier molecular flexibility index (Phi) is 54.4. The molecule has 1 rings (SSSR count). The Morgan fingerprint density at radius 1 is 0.398 bits per heavy atom. The van der Waals surface area contributed by atoms with Crippen LogP contribution < -0.4 is 0 Å². The lowest BCUT2D eigenvalue weighted by Gasteiger charge is -2.40. The molecule has 0 amide bonds. The molecule has 0 bridgehead atoms. The van der Waals surface area contributed by atoms with Gasteiger partial charge in [-0.05, 0) is 116 Å². The summed E-state index contributed by atoms with van der Waals surface area (Å²) in [5, 5.41) is 31.6. The molecule has 1 saturated heterocycles. The van der Waals surface area contributed by atoms with Gasteiger partial charge in [-0.1, -0.05) is 241 Å². The van der Waals surface area contributed by atoms with Crippen molar-refractivity contribution in [1.82, 2.24) is 0 Å². The number of aliphatic hydroxyl groups excluding tert-OH is 2. The number of hydrogen-bond acceptors (Lipinski definition) is 11. The number of rotatable bonds is 58. The van der Waals surface area contributed by atoms with Crippen molar-refractivity contribution < 1.29 is 58.2 Å². The zero-order chi connectivity index (χ0) is 60.3. The van der Waals surface area contributed by atoms with Crippen molar-refractivity contribution in [3.63, 3.8) is 0 Å². The van der Waals surface area contributed by atoms with Gasteiger partial charge in [-0.2, -0.15) is 0 Å². The third-order valence-corrected chi connectivity index (χ3v) is 15.2. The van der Waals surface area contributed by atoms with Crippen LogP contribution in [0.4, 0.5) is 0 Å². The van der Waals surface area contributed by atoms with Gasteiger partial charge in [0.15, 0.2) is 24.6 Å². The number of carboxylic acid groups (broad SMARTS) is 1. The topological polar surface area (TPSA) is 175 Å². The van der Waals surface area contributed by atoms with Crippen molar-refractivity contribution >= 4 is 23.9 Å². The average molecular weight is 1170 g/mol. The van der Waals surface area contributed by atoms with Gasteiger partial charge in [0.25, 0.3) is 0 Å². The number of allylic oxidation sites excluding steroid dienone is 12. The maximum Gasteiger partial charge on any atom is 0.335 e. The number of carbonyl (C=O) groups excluding carboxylic acids is 3. The summed E-state index contributed by atoms with van der Waals surface area (Å²) in [7, 11) is 0. The summed E-state index contributed by atoms with van der Waals surface area (Å²) in [4.78, 5) is 51.4. The van der Waals surface area contributed by atoms with Crippen LogP contribution in [0.15, 0.2) is 72.9 Å². The molecule has 0 aromatic heterocycles. The van der Waals surface area contributed by atoms with Gasteiger partial charge >= 0.3 is 23.9 Å². The normalized spacial score (nSPS) is 18.0. The van der Waals surface area contributed by atoms with Crippen LogP contribution in [0.1, 0.15) is 303 Å². The molecule has 1 aliphatic rings. The second-order valence-corrected chi connectivity index (χ2v) is 23.1. The first kappa shape index (κ1) is 77.2. The monoisotopic (exact) mass is 1170 g/mol. The Balaban J connectivity index is 2.65. The third kappa shape index (κ3) is 48.0. The van der Waals surface area contributed by atoms with Gasteiger partial charge < -0.3 is 39.0 Å². The van der Waals surface area contributed by atoms with E-state index in [1.807, 2.05) is 0 Å². The molecular weight excluding hydrogens is 1040 g/mol. The first-order valence-corrected chi connectivity index (χ1v) is 33.9. The zero-order valence-electron chi connectivity index (χ0n) is 52.9. The van der Waals surface area contributed by atoms with E-state index in [1.165, 1.54) is 116 Å².